The van der Waals surface area contributed by atoms with E-state index in [2.05, 4.69) is 10.1 Å². The first-order valence-electron chi connectivity index (χ1n) is 6.28. The van der Waals surface area contributed by atoms with Gasteiger partial charge >= 0.3 is 11.9 Å². The molecule has 0 unspecified atom stereocenters. The van der Waals surface area contributed by atoms with Gasteiger partial charge in [-0.3, -0.25) is 0 Å². The van der Waals surface area contributed by atoms with Gasteiger partial charge in [0.2, 0.25) is 5.82 Å². The second-order valence-corrected chi connectivity index (χ2v) is 4.21. The van der Waals surface area contributed by atoms with Crippen LogP contribution in [0.2, 0.25) is 0 Å². The predicted molar refractivity (Wildman–Crippen MR) is 73.2 cm³/mol. The highest BCUT2D eigenvalue weighted by atomic mass is 16.6. The van der Waals surface area contributed by atoms with E-state index < -0.39 is 5.97 Å². The molecule has 2 aromatic carbocycles. The summed E-state index contributed by atoms with van der Waals surface area (Å²) in [6.45, 7) is 1.99. The van der Waals surface area contributed by atoms with Crippen LogP contribution in [0, 0.1) is 0 Å². The van der Waals surface area contributed by atoms with E-state index >= 15 is 0 Å². The number of carbonyl (C=O) groups excluding carboxylic acids is 1. The van der Waals surface area contributed by atoms with Gasteiger partial charge in [-0.25, -0.2) is 4.79 Å². The maximum Gasteiger partial charge on any atom is 0.397 e. The molecule has 0 radical (unpaired) electrons. The minimum atomic E-state index is -0.605. The molecule has 1 heterocycles. The molecule has 0 saturated heterocycles. The Morgan fingerprint density at radius 1 is 1.20 bits per heavy atom. The lowest BCUT2D eigenvalue weighted by molar-refractivity contribution is 0.0470. The van der Waals surface area contributed by atoms with Crippen LogP contribution < -0.4 is 0 Å². The number of hydrogen-bond acceptors (Lipinski definition) is 5. The largest absolute Gasteiger partial charge is 0.459 e. The zero-order valence-electron chi connectivity index (χ0n) is 10.9. The summed E-state index contributed by atoms with van der Waals surface area (Å²) in [7, 11) is 0. The van der Waals surface area contributed by atoms with Crippen molar-refractivity contribution < 1.29 is 14.1 Å². The Hall–Kier alpha value is -2.69. The van der Waals surface area contributed by atoms with Gasteiger partial charge in [0, 0.05) is 5.56 Å². The Balaban J connectivity index is 1.96. The van der Waals surface area contributed by atoms with Crippen molar-refractivity contribution in [3.8, 4) is 11.4 Å². The lowest BCUT2D eigenvalue weighted by Crippen LogP contribution is -2.04. The fraction of sp³-hybridized carbons (Fsp3) is 0.133. The summed E-state index contributed by atoms with van der Waals surface area (Å²) in [6, 6.07) is 13.8. The summed E-state index contributed by atoms with van der Waals surface area (Å²) < 4.78 is 9.72. The van der Waals surface area contributed by atoms with Crippen molar-refractivity contribution in [2.45, 2.75) is 6.92 Å². The van der Waals surface area contributed by atoms with E-state index in [0.717, 1.165) is 16.3 Å². The second-order valence-electron chi connectivity index (χ2n) is 4.21. The second kappa shape index (κ2) is 5.13. The van der Waals surface area contributed by atoms with E-state index in [1.807, 2.05) is 42.5 Å². The van der Waals surface area contributed by atoms with Gasteiger partial charge in [-0.05, 0) is 23.8 Å². The van der Waals surface area contributed by atoms with Gasteiger partial charge in [0.15, 0.2) is 0 Å². The van der Waals surface area contributed by atoms with E-state index in [9.17, 15) is 4.79 Å². The van der Waals surface area contributed by atoms with Gasteiger partial charge in [0.05, 0.1) is 6.61 Å². The molecule has 0 fully saturated rings. The van der Waals surface area contributed by atoms with Crippen LogP contribution in [0.3, 0.4) is 0 Å². The molecule has 0 bridgehead atoms. The molecule has 0 aliphatic heterocycles. The summed E-state index contributed by atoms with van der Waals surface area (Å²) in [5, 5.41) is 6.02. The van der Waals surface area contributed by atoms with Crippen molar-refractivity contribution in [2.75, 3.05) is 6.61 Å². The average Bonchev–Trinajstić information content (AvgIpc) is 2.97. The highest BCUT2D eigenvalue weighted by Crippen LogP contribution is 2.22. The van der Waals surface area contributed by atoms with Crippen LogP contribution in [-0.4, -0.2) is 22.7 Å². The van der Waals surface area contributed by atoms with Gasteiger partial charge in [-0.1, -0.05) is 41.6 Å². The van der Waals surface area contributed by atoms with Crippen molar-refractivity contribution >= 4 is 16.7 Å². The minimum absolute atomic E-state index is 0.130. The van der Waals surface area contributed by atoms with Gasteiger partial charge in [0.25, 0.3) is 0 Å². The molecule has 3 aromatic rings. The van der Waals surface area contributed by atoms with Crippen LogP contribution in [0.1, 0.15) is 17.6 Å². The van der Waals surface area contributed by atoms with Crippen LogP contribution >= 0.6 is 0 Å². The summed E-state index contributed by atoms with van der Waals surface area (Å²) in [4.78, 5) is 15.5. The number of benzene rings is 2. The van der Waals surface area contributed by atoms with Gasteiger partial charge in [0.1, 0.15) is 0 Å². The number of ether oxygens (including phenoxy) is 1. The van der Waals surface area contributed by atoms with Gasteiger partial charge in [-0.15, -0.1) is 0 Å². The molecule has 3 rings (SSSR count). The number of rotatable bonds is 3. The molecule has 0 spiro atoms. The number of nitrogens with zero attached hydrogens (tertiary/aromatic N) is 2. The SMILES string of the molecule is CCOC(=O)c1nc(-c2ccc3ccccc3c2)no1. The van der Waals surface area contributed by atoms with E-state index in [-0.39, 0.29) is 12.5 Å². The first-order chi connectivity index (χ1) is 9.78. The summed E-state index contributed by atoms with van der Waals surface area (Å²) in [5.74, 6) is -0.360. The highest BCUT2D eigenvalue weighted by molar-refractivity contribution is 5.87. The maximum absolute atomic E-state index is 11.5. The average molecular weight is 268 g/mol. The van der Waals surface area contributed by atoms with Crippen LogP contribution in [0.4, 0.5) is 0 Å². The lowest BCUT2D eigenvalue weighted by Gasteiger charge is -1.99. The summed E-state index contributed by atoms with van der Waals surface area (Å²) >= 11 is 0. The van der Waals surface area contributed by atoms with Gasteiger partial charge in [-0.2, -0.15) is 4.98 Å². The monoisotopic (exact) mass is 268 g/mol. The zero-order chi connectivity index (χ0) is 13.9. The number of fused-ring (bicyclic) bond motifs is 1. The Morgan fingerprint density at radius 3 is 2.80 bits per heavy atom. The van der Waals surface area contributed by atoms with Crippen molar-refractivity contribution in [3.63, 3.8) is 0 Å². The first-order valence-corrected chi connectivity index (χ1v) is 6.28. The molecule has 0 aliphatic carbocycles. The minimum Gasteiger partial charge on any atom is -0.459 e. The van der Waals surface area contributed by atoms with Gasteiger partial charge < -0.3 is 9.26 Å². The quantitative estimate of drug-likeness (QED) is 0.683. The molecule has 0 N–H and O–H groups in total. The molecule has 0 saturated carbocycles. The van der Waals surface area contributed by atoms with Crippen LogP contribution in [0.25, 0.3) is 22.2 Å². The van der Waals surface area contributed by atoms with E-state index in [0.29, 0.717) is 5.82 Å². The normalized spacial score (nSPS) is 10.7. The fourth-order valence-electron chi connectivity index (χ4n) is 1.94. The smallest absolute Gasteiger partial charge is 0.397 e. The molecule has 5 heteroatoms. The molecule has 0 amide bonds. The Morgan fingerprint density at radius 2 is 2.00 bits per heavy atom. The third-order valence-corrected chi connectivity index (χ3v) is 2.88. The molecule has 0 aliphatic rings. The first kappa shape index (κ1) is 12.3. The van der Waals surface area contributed by atoms with E-state index in [1.165, 1.54) is 0 Å². The molecule has 100 valence electrons. The topological polar surface area (TPSA) is 65.2 Å². The van der Waals surface area contributed by atoms with E-state index in [1.54, 1.807) is 6.92 Å². The Bertz CT molecular complexity index is 764. The molecular formula is C15H12N2O3. The Kier molecular flexibility index (Phi) is 3.16. The van der Waals surface area contributed by atoms with Crippen LogP contribution in [0.5, 0.6) is 0 Å². The molecule has 5 nitrogen and oxygen atoms in total. The third-order valence-electron chi connectivity index (χ3n) is 2.88. The Labute approximate surface area is 115 Å². The number of carbonyl (C=O) groups is 1. The van der Waals surface area contributed by atoms with Crippen molar-refractivity contribution in [2.24, 2.45) is 0 Å². The molecule has 0 atom stereocenters. The standard InChI is InChI=1S/C15H12N2O3/c1-2-19-15(18)14-16-13(17-20-14)12-8-7-10-5-3-4-6-11(10)9-12/h3-9H,2H2,1H3. The van der Waals surface area contributed by atoms with Crippen molar-refractivity contribution in [3.05, 3.63) is 48.4 Å². The van der Waals surface area contributed by atoms with Crippen LogP contribution in [0.15, 0.2) is 47.0 Å². The van der Waals surface area contributed by atoms with E-state index in [4.69, 9.17) is 9.26 Å². The number of hydrogen-bond donors (Lipinski definition) is 0. The molecule has 1 aromatic heterocycles. The zero-order valence-corrected chi connectivity index (χ0v) is 10.9. The lowest BCUT2D eigenvalue weighted by atomic mass is 10.1. The highest BCUT2D eigenvalue weighted by Gasteiger charge is 2.17. The fourth-order valence-corrected chi connectivity index (χ4v) is 1.94. The van der Waals surface area contributed by atoms with Crippen LogP contribution in [-0.2, 0) is 4.74 Å². The third kappa shape index (κ3) is 2.25. The molecular weight excluding hydrogens is 256 g/mol. The summed E-state index contributed by atoms with van der Waals surface area (Å²) in [5.41, 5.74) is 0.794. The predicted octanol–water partition coefficient (Wildman–Crippen LogP) is 3.07. The number of esters is 1. The molecule has 20 heavy (non-hydrogen) atoms. The summed E-state index contributed by atoms with van der Waals surface area (Å²) in [6.07, 6.45) is 0. The maximum atomic E-state index is 11.5. The van der Waals surface area contributed by atoms with Crippen molar-refractivity contribution in [1.82, 2.24) is 10.1 Å². The van der Waals surface area contributed by atoms with Crippen molar-refractivity contribution in [1.29, 1.82) is 0 Å². The number of aromatic nitrogens is 2.